The highest BCUT2D eigenvalue weighted by molar-refractivity contribution is 7.90. The Kier molecular flexibility index (Phi) is 5.66. The van der Waals surface area contributed by atoms with Crippen molar-refractivity contribution in [1.82, 2.24) is 3.97 Å². The number of halogens is 2. The molecule has 9 heteroatoms. The zero-order valence-electron chi connectivity index (χ0n) is 16.7. The minimum Gasteiger partial charge on any atom is -0.481 e. The maximum atomic E-state index is 13.8. The van der Waals surface area contributed by atoms with Gasteiger partial charge in [-0.25, -0.2) is 16.8 Å². The number of rotatable bonds is 6. The summed E-state index contributed by atoms with van der Waals surface area (Å²) in [5.74, 6) is -0.813. The molecule has 4 aromatic rings. The highest BCUT2D eigenvalue weighted by Gasteiger charge is 2.26. The number of hydrogen-bond acceptors (Lipinski definition) is 4. The van der Waals surface area contributed by atoms with Gasteiger partial charge in [-0.05, 0) is 73.2 Å². The molecule has 0 amide bonds. The van der Waals surface area contributed by atoms with Crippen molar-refractivity contribution < 1.29 is 27.4 Å². The van der Waals surface area contributed by atoms with Crippen molar-refractivity contribution in [2.75, 3.05) is 0 Å². The molecule has 0 unspecified atom stereocenters. The van der Waals surface area contributed by atoms with Crippen molar-refractivity contribution in [2.24, 2.45) is 0 Å². The number of nitrogens with zero attached hydrogens (tertiary/aromatic N) is 1. The Labute approximate surface area is 188 Å². The number of carboxylic acid groups (broad SMARTS) is 1. The largest absolute Gasteiger partial charge is 0.481 e. The van der Waals surface area contributed by atoms with Crippen LogP contribution in [0.15, 0.2) is 71.6 Å². The summed E-state index contributed by atoms with van der Waals surface area (Å²) in [6, 6.07) is 16.2. The van der Waals surface area contributed by atoms with Crippen LogP contribution in [0, 0.1) is 12.7 Å². The van der Waals surface area contributed by atoms with Crippen LogP contribution in [0.5, 0.6) is 11.5 Å². The minimum atomic E-state index is -4.10. The van der Waals surface area contributed by atoms with Crippen LogP contribution in [0.4, 0.5) is 4.39 Å². The van der Waals surface area contributed by atoms with E-state index >= 15 is 0 Å². The summed E-state index contributed by atoms with van der Waals surface area (Å²) >= 11 is 5.95. The molecule has 0 saturated heterocycles. The molecule has 32 heavy (non-hydrogen) atoms. The summed E-state index contributed by atoms with van der Waals surface area (Å²) in [5.41, 5.74) is 0.670. The lowest BCUT2D eigenvalue weighted by molar-refractivity contribution is -0.136. The second-order valence-corrected chi connectivity index (χ2v) is 9.32. The maximum Gasteiger partial charge on any atom is 0.307 e. The number of carbonyl (C=O) groups is 1. The number of aromatic nitrogens is 1. The van der Waals surface area contributed by atoms with Crippen molar-refractivity contribution in [3.8, 4) is 11.5 Å². The fraction of sp³-hybridized carbons (Fsp3) is 0.0870. The van der Waals surface area contributed by atoms with Crippen LogP contribution in [0.25, 0.3) is 10.9 Å². The number of hydrogen-bond donors (Lipinski definition) is 1. The lowest BCUT2D eigenvalue weighted by Gasteiger charge is -2.11. The summed E-state index contributed by atoms with van der Waals surface area (Å²) in [4.78, 5) is 11.3. The standard InChI is InChI=1S/C23H17ClFNO5S/c1-14-20(13-23(27)28)21-12-16(25)5-10-22(21)26(14)32(29,30)19-8-6-17(7-9-19)31-18-4-2-3-15(24)11-18/h2-12H,13H2,1H3,(H,27,28). The highest BCUT2D eigenvalue weighted by atomic mass is 35.5. The third-order valence-corrected chi connectivity index (χ3v) is 7.02. The molecule has 1 heterocycles. The van der Waals surface area contributed by atoms with Crippen LogP contribution in [-0.2, 0) is 21.2 Å². The Hall–Kier alpha value is -3.36. The van der Waals surface area contributed by atoms with Crippen molar-refractivity contribution in [2.45, 2.75) is 18.2 Å². The molecule has 1 aromatic heterocycles. The Balaban J connectivity index is 1.76. The Morgan fingerprint density at radius 3 is 2.44 bits per heavy atom. The summed E-state index contributed by atoms with van der Waals surface area (Å²) in [6.07, 6.45) is -0.430. The van der Waals surface area contributed by atoms with Gasteiger partial charge in [0.05, 0.1) is 16.8 Å². The minimum absolute atomic E-state index is 0.0258. The average molecular weight is 474 g/mol. The second-order valence-electron chi connectivity index (χ2n) is 7.10. The van der Waals surface area contributed by atoms with Crippen LogP contribution < -0.4 is 4.74 Å². The van der Waals surface area contributed by atoms with Gasteiger partial charge >= 0.3 is 5.97 Å². The van der Waals surface area contributed by atoms with Gasteiger partial charge in [0.1, 0.15) is 17.3 Å². The summed E-state index contributed by atoms with van der Waals surface area (Å²) < 4.78 is 47.4. The highest BCUT2D eigenvalue weighted by Crippen LogP contribution is 2.32. The van der Waals surface area contributed by atoms with Crippen molar-refractivity contribution in [3.63, 3.8) is 0 Å². The molecule has 0 radical (unpaired) electrons. The van der Waals surface area contributed by atoms with Crippen molar-refractivity contribution in [1.29, 1.82) is 0 Å². The molecule has 3 aromatic carbocycles. The monoisotopic (exact) mass is 473 g/mol. The van der Waals surface area contributed by atoms with Crippen molar-refractivity contribution >= 4 is 38.5 Å². The Morgan fingerprint density at radius 1 is 1.06 bits per heavy atom. The zero-order chi connectivity index (χ0) is 23.0. The molecule has 0 saturated carbocycles. The van der Waals surface area contributed by atoms with Crippen molar-refractivity contribution in [3.05, 3.63) is 88.8 Å². The third-order valence-electron chi connectivity index (χ3n) is 4.97. The van der Waals surface area contributed by atoms with Gasteiger partial charge in [0, 0.05) is 16.1 Å². The van der Waals surface area contributed by atoms with Gasteiger partial charge in [0.2, 0.25) is 0 Å². The van der Waals surface area contributed by atoms with Gasteiger partial charge in [-0.3, -0.25) is 4.79 Å². The van der Waals surface area contributed by atoms with E-state index < -0.39 is 28.2 Å². The SMILES string of the molecule is Cc1c(CC(=O)O)c2cc(F)ccc2n1S(=O)(=O)c1ccc(Oc2cccc(Cl)c2)cc1. The van der Waals surface area contributed by atoms with Gasteiger partial charge < -0.3 is 9.84 Å². The number of ether oxygens (including phenoxy) is 1. The molecule has 4 rings (SSSR count). The molecular weight excluding hydrogens is 457 g/mol. The van der Waals surface area contributed by atoms with Crippen LogP contribution in [0.2, 0.25) is 5.02 Å². The van der Waals surface area contributed by atoms with Gasteiger partial charge in [-0.2, -0.15) is 0 Å². The molecular formula is C23H17ClFNO5S. The topological polar surface area (TPSA) is 85.6 Å². The van der Waals surface area contributed by atoms with Gasteiger partial charge in [-0.15, -0.1) is 0 Å². The van der Waals surface area contributed by atoms with Crippen LogP contribution in [0.1, 0.15) is 11.3 Å². The fourth-order valence-electron chi connectivity index (χ4n) is 3.56. The first-order valence-corrected chi connectivity index (χ1v) is 11.3. The fourth-order valence-corrected chi connectivity index (χ4v) is 5.32. The Morgan fingerprint density at radius 2 is 1.78 bits per heavy atom. The number of aliphatic carboxylic acids is 1. The first-order chi connectivity index (χ1) is 15.2. The second kappa shape index (κ2) is 8.29. The van der Waals surface area contributed by atoms with Crippen LogP contribution in [-0.4, -0.2) is 23.5 Å². The number of fused-ring (bicyclic) bond motifs is 1. The average Bonchev–Trinajstić information content (AvgIpc) is 2.99. The lowest BCUT2D eigenvalue weighted by Crippen LogP contribution is -2.15. The molecule has 6 nitrogen and oxygen atoms in total. The number of benzene rings is 3. The van der Waals surface area contributed by atoms with E-state index in [1.165, 1.54) is 37.3 Å². The molecule has 0 atom stereocenters. The van der Waals surface area contributed by atoms with Gasteiger partial charge in [0.15, 0.2) is 0 Å². The van der Waals surface area contributed by atoms with E-state index in [0.29, 0.717) is 16.5 Å². The number of carboxylic acids is 1. The van der Waals surface area contributed by atoms with Crippen LogP contribution >= 0.6 is 11.6 Å². The predicted molar refractivity (Wildman–Crippen MR) is 119 cm³/mol. The van der Waals surface area contributed by atoms with Crippen LogP contribution in [0.3, 0.4) is 0 Å². The van der Waals surface area contributed by atoms with E-state index in [2.05, 4.69) is 0 Å². The molecule has 0 aliphatic rings. The van der Waals surface area contributed by atoms with E-state index in [1.807, 2.05) is 0 Å². The van der Waals surface area contributed by atoms with Gasteiger partial charge in [0.25, 0.3) is 10.0 Å². The van der Waals surface area contributed by atoms with E-state index in [1.54, 1.807) is 24.3 Å². The predicted octanol–water partition coefficient (Wildman–Crippen LogP) is 5.40. The normalized spacial score (nSPS) is 11.6. The third kappa shape index (κ3) is 4.06. The molecule has 0 bridgehead atoms. The summed E-state index contributed by atoms with van der Waals surface area (Å²) in [5, 5.41) is 9.99. The first kappa shape index (κ1) is 21.9. The van der Waals surface area contributed by atoms with Gasteiger partial charge in [-0.1, -0.05) is 17.7 Å². The van der Waals surface area contributed by atoms with E-state index in [-0.39, 0.29) is 27.1 Å². The Bertz CT molecular complexity index is 1450. The van der Waals surface area contributed by atoms with E-state index in [9.17, 15) is 22.7 Å². The molecule has 0 aliphatic heterocycles. The first-order valence-electron chi connectivity index (χ1n) is 9.47. The maximum absolute atomic E-state index is 13.8. The summed E-state index contributed by atoms with van der Waals surface area (Å²) in [6.45, 7) is 1.50. The molecule has 0 aliphatic carbocycles. The lowest BCUT2D eigenvalue weighted by atomic mass is 10.1. The quantitative estimate of drug-likeness (QED) is 0.405. The van der Waals surface area contributed by atoms with E-state index in [0.717, 1.165) is 16.1 Å². The molecule has 1 N–H and O–H groups in total. The summed E-state index contributed by atoms with van der Waals surface area (Å²) in [7, 11) is -4.10. The zero-order valence-corrected chi connectivity index (χ0v) is 18.3. The molecule has 0 spiro atoms. The molecule has 0 fully saturated rings. The smallest absolute Gasteiger partial charge is 0.307 e. The molecule has 164 valence electrons. The van der Waals surface area contributed by atoms with E-state index in [4.69, 9.17) is 16.3 Å².